The van der Waals surface area contributed by atoms with Gasteiger partial charge in [0.15, 0.2) is 11.6 Å². The molecule has 6 nitrogen and oxygen atoms in total. The van der Waals surface area contributed by atoms with Gasteiger partial charge in [0.2, 0.25) is 0 Å². The smallest absolute Gasteiger partial charge is 0.257 e. The molecule has 2 amide bonds. The predicted molar refractivity (Wildman–Crippen MR) is 143 cm³/mol. The van der Waals surface area contributed by atoms with Gasteiger partial charge in [0, 0.05) is 17.6 Å². The van der Waals surface area contributed by atoms with Crippen LogP contribution in [0.25, 0.3) is 0 Å². The number of fused-ring (bicyclic) bond motifs is 2. The van der Waals surface area contributed by atoms with Crippen molar-refractivity contribution in [3.8, 4) is 11.8 Å². The maximum atomic E-state index is 13.7. The third kappa shape index (κ3) is 4.55. The zero-order valence-electron chi connectivity index (χ0n) is 19.2. The summed E-state index contributed by atoms with van der Waals surface area (Å²) in [6.07, 6.45) is 8.71. The van der Waals surface area contributed by atoms with E-state index in [1.807, 2.05) is 6.08 Å². The number of Topliss-reactive ketones (excluding diaryl/α,β-unsaturated/α-hetero) is 2. The molecule has 0 aliphatic heterocycles. The first-order valence-electron chi connectivity index (χ1n) is 11.4. The predicted octanol–water partition coefficient (Wildman–Crippen LogP) is 5.87. The average Bonchev–Trinajstić information content (AvgIpc) is 3.12. The number of benzene rings is 2. The maximum Gasteiger partial charge on any atom is 0.257 e. The Balaban J connectivity index is 1.59. The van der Waals surface area contributed by atoms with E-state index < -0.39 is 23.5 Å². The second-order valence-corrected chi connectivity index (χ2v) is 9.30. The van der Waals surface area contributed by atoms with Gasteiger partial charge in [-0.15, -0.1) is 0 Å². The lowest BCUT2D eigenvalue weighted by molar-refractivity contribution is -0.112. The summed E-state index contributed by atoms with van der Waals surface area (Å²) in [4.78, 5) is 53.4. The van der Waals surface area contributed by atoms with Gasteiger partial charge in [-0.1, -0.05) is 65.4 Å². The third-order valence-electron chi connectivity index (χ3n) is 6.27. The molecule has 2 N–H and O–H groups in total. The van der Waals surface area contributed by atoms with Crippen molar-refractivity contribution in [2.75, 3.05) is 10.6 Å². The minimum absolute atomic E-state index is 0.0140. The van der Waals surface area contributed by atoms with Crippen molar-refractivity contribution in [2.45, 2.75) is 12.8 Å². The number of hydrogen-bond donors (Lipinski definition) is 2. The van der Waals surface area contributed by atoms with Gasteiger partial charge in [-0.05, 0) is 42.8 Å². The monoisotopic (exact) mass is 528 g/mol. The van der Waals surface area contributed by atoms with Crippen LogP contribution in [-0.4, -0.2) is 23.4 Å². The molecular weight excluding hydrogens is 511 g/mol. The van der Waals surface area contributed by atoms with Crippen molar-refractivity contribution in [3.63, 3.8) is 0 Å². The summed E-state index contributed by atoms with van der Waals surface area (Å²) in [6, 6.07) is 9.48. The van der Waals surface area contributed by atoms with Crippen molar-refractivity contribution >= 4 is 58.0 Å². The van der Waals surface area contributed by atoms with E-state index in [1.165, 1.54) is 18.2 Å². The first-order chi connectivity index (χ1) is 17.9. The number of amides is 2. The highest BCUT2D eigenvalue weighted by Crippen LogP contribution is 2.41. The molecule has 2 aromatic rings. The van der Waals surface area contributed by atoms with Crippen molar-refractivity contribution in [2.24, 2.45) is 5.92 Å². The highest BCUT2D eigenvalue weighted by Gasteiger charge is 2.40. The quantitative estimate of drug-likeness (QED) is 0.485. The zero-order chi connectivity index (χ0) is 26.1. The Labute approximate surface area is 222 Å². The highest BCUT2D eigenvalue weighted by molar-refractivity contribution is 6.35. The summed E-state index contributed by atoms with van der Waals surface area (Å²) < 4.78 is 0. The van der Waals surface area contributed by atoms with E-state index in [-0.39, 0.29) is 55.9 Å². The molecule has 0 saturated carbocycles. The molecule has 0 aromatic heterocycles. The molecule has 3 aliphatic rings. The fourth-order valence-electron chi connectivity index (χ4n) is 4.45. The van der Waals surface area contributed by atoms with Crippen LogP contribution < -0.4 is 10.6 Å². The molecule has 0 saturated heterocycles. The van der Waals surface area contributed by atoms with Crippen LogP contribution in [0.15, 0.2) is 83.0 Å². The first kappa shape index (κ1) is 24.5. The number of halogens is 2. The van der Waals surface area contributed by atoms with Crippen molar-refractivity contribution in [3.05, 3.63) is 105 Å². The molecule has 182 valence electrons. The number of hydrogen-bond acceptors (Lipinski definition) is 4. The summed E-state index contributed by atoms with van der Waals surface area (Å²) in [5, 5.41) is 5.92. The van der Waals surface area contributed by atoms with Gasteiger partial charge < -0.3 is 10.6 Å². The molecule has 3 aliphatic carbocycles. The van der Waals surface area contributed by atoms with Gasteiger partial charge in [0.05, 0.1) is 44.0 Å². The van der Waals surface area contributed by atoms with Crippen LogP contribution in [0.1, 0.15) is 43.9 Å². The van der Waals surface area contributed by atoms with Crippen LogP contribution in [0.2, 0.25) is 5.02 Å². The second-order valence-electron chi connectivity index (χ2n) is 8.49. The molecule has 5 rings (SSSR count). The lowest BCUT2D eigenvalue weighted by atomic mass is 9.73. The van der Waals surface area contributed by atoms with E-state index in [0.717, 1.165) is 0 Å². The fourth-order valence-corrected chi connectivity index (χ4v) is 4.89. The van der Waals surface area contributed by atoms with Crippen LogP contribution >= 0.6 is 23.2 Å². The van der Waals surface area contributed by atoms with Gasteiger partial charge in [-0.3, -0.25) is 19.2 Å². The van der Waals surface area contributed by atoms with Gasteiger partial charge >= 0.3 is 0 Å². The van der Waals surface area contributed by atoms with Gasteiger partial charge in [-0.2, -0.15) is 0 Å². The Hall–Kier alpha value is -4.18. The van der Waals surface area contributed by atoms with Crippen molar-refractivity contribution < 1.29 is 19.2 Å². The zero-order valence-corrected chi connectivity index (χ0v) is 20.7. The lowest BCUT2D eigenvalue weighted by Crippen LogP contribution is -2.33. The van der Waals surface area contributed by atoms with Gasteiger partial charge in [0.25, 0.3) is 11.8 Å². The molecule has 37 heavy (non-hydrogen) atoms. The Morgan fingerprint density at radius 3 is 2.46 bits per heavy atom. The molecule has 1 unspecified atom stereocenters. The fraction of sp³-hybridized carbons (Fsp3) is 0.103. The molecular formula is C29H18Cl2N2O4. The Bertz CT molecular complexity index is 1580. The molecule has 0 radical (unpaired) electrons. The van der Waals surface area contributed by atoms with Gasteiger partial charge in [0.1, 0.15) is 0 Å². The topological polar surface area (TPSA) is 92.3 Å². The maximum absolute atomic E-state index is 13.7. The minimum atomic E-state index is -0.675. The molecule has 0 spiro atoms. The Morgan fingerprint density at radius 1 is 0.946 bits per heavy atom. The average molecular weight is 529 g/mol. The molecule has 2 aromatic carbocycles. The SMILES string of the molecule is O=C(Nc1ccc(NC(=O)c2ccccc2Cl)c2c1C(=O)C1=CC=CCC1C2=O)C1=C(Cl)C=CC#CC1. The second kappa shape index (κ2) is 10.1. The summed E-state index contributed by atoms with van der Waals surface area (Å²) in [6.45, 7) is 0. The van der Waals surface area contributed by atoms with Crippen LogP contribution in [0, 0.1) is 17.8 Å². The number of anilines is 2. The first-order valence-corrected chi connectivity index (χ1v) is 12.2. The number of ketones is 2. The molecule has 0 heterocycles. The highest BCUT2D eigenvalue weighted by atomic mass is 35.5. The largest absolute Gasteiger partial charge is 0.321 e. The Morgan fingerprint density at radius 2 is 1.68 bits per heavy atom. The number of carbonyl (C=O) groups is 4. The van der Waals surface area contributed by atoms with Crippen molar-refractivity contribution in [1.82, 2.24) is 0 Å². The van der Waals surface area contributed by atoms with E-state index in [1.54, 1.807) is 42.5 Å². The van der Waals surface area contributed by atoms with Crippen LogP contribution in [-0.2, 0) is 4.79 Å². The molecule has 8 heteroatoms. The summed E-state index contributed by atoms with van der Waals surface area (Å²) in [5.41, 5.74) is 1.15. The van der Waals surface area contributed by atoms with E-state index in [0.29, 0.717) is 12.0 Å². The number of rotatable bonds is 4. The lowest BCUT2D eigenvalue weighted by Gasteiger charge is -2.29. The number of nitrogens with one attached hydrogen (secondary N) is 2. The summed E-state index contributed by atoms with van der Waals surface area (Å²) >= 11 is 12.4. The third-order valence-corrected chi connectivity index (χ3v) is 6.96. The van der Waals surface area contributed by atoms with Crippen LogP contribution in [0.5, 0.6) is 0 Å². The van der Waals surface area contributed by atoms with E-state index in [9.17, 15) is 19.2 Å². The van der Waals surface area contributed by atoms with Crippen molar-refractivity contribution in [1.29, 1.82) is 0 Å². The standard InChI is InChI=1S/C29H18Cl2N2O4/c30-20-12-3-1-2-10-18(20)28(36)32-22-14-15-23(33-29(37)19-11-6-7-13-21(19)31)25-24(22)26(34)16-8-4-5-9-17(16)27(25)35/h3-8,11-15,17H,9-10H2,(H,32,36)(H,33,37). The van der Waals surface area contributed by atoms with E-state index in [2.05, 4.69) is 22.5 Å². The molecule has 0 bridgehead atoms. The Kier molecular flexibility index (Phi) is 6.66. The molecule has 1 atom stereocenters. The normalized spacial score (nSPS) is 17.7. The summed E-state index contributed by atoms with van der Waals surface area (Å²) in [5.74, 6) is 3.12. The van der Waals surface area contributed by atoms with Gasteiger partial charge in [-0.25, -0.2) is 0 Å². The number of allylic oxidation sites excluding steroid dienone is 7. The minimum Gasteiger partial charge on any atom is -0.321 e. The molecule has 0 fully saturated rings. The summed E-state index contributed by atoms with van der Waals surface area (Å²) in [7, 11) is 0. The van der Waals surface area contributed by atoms with E-state index >= 15 is 0 Å². The number of carbonyl (C=O) groups excluding carboxylic acids is 4. The van der Waals surface area contributed by atoms with Crippen LogP contribution in [0.4, 0.5) is 11.4 Å². The van der Waals surface area contributed by atoms with Crippen LogP contribution in [0.3, 0.4) is 0 Å². The van der Waals surface area contributed by atoms with E-state index in [4.69, 9.17) is 23.2 Å².